The Morgan fingerprint density at radius 3 is 2.04 bits per heavy atom. The second kappa shape index (κ2) is 17.1. The van der Waals surface area contributed by atoms with Crippen molar-refractivity contribution in [3.8, 4) is 0 Å². The van der Waals surface area contributed by atoms with Crippen LogP contribution in [0.3, 0.4) is 0 Å². The molecular formula is C19H33IN2O2. The van der Waals surface area contributed by atoms with Gasteiger partial charge in [0.05, 0.1) is 12.8 Å². The second-order valence-electron chi connectivity index (χ2n) is 6.11. The fourth-order valence-electron chi connectivity index (χ4n) is 2.57. The molecule has 0 saturated heterocycles. The molecule has 0 spiro atoms. The molecule has 0 amide bonds. The Morgan fingerprint density at radius 2 is 1.50 bits per heavy atom. The van der Waals surface area contributed by atoms with Crippen LogP contribution in [0.25, 0.3) is 0 Å². The number of pyridine rings is 1. The van der Waals surface area contributed by atoms with Crippen molar-refractivity contribution in [2.75, 3.05) is 6.61 Å². The van der Waals surface area contributed by atoms with Gasteiger partial charge >= 0.3 is 0 Å². The van der Waals surface area contributed by atoms with Gasteiger partial charge in [-0.05, 0) is 6.42 Å². The minimum Gasteiger partial charge on any atom is -1.00 e. The zero-order chi connectivity index (χ0) is 16.6. The van der Waals surface area contributed by atoms with Crippen molar-refractivity contribution < 1.29 is 38.5 Å². The van der Waals surface area contributed by atoms with E-state index in [1.54, 1.807) is 0 Å². The van der Waals surface area contributed by atoms with Crippen molar-refractivity contribution in [2.24, 2.45) is 5.16 Å². The Kier molecular flexibility index (Phi) is 16.7. The minimum atomic E-state index is 0. The molecule has 5 heteroatoms. The van der Waals surface area contributed by atoms with E-state index in [4.69, 9.17) is 9.94 Å². The van der Waals surface area contributed by atoms with Crippen molar-refractivity contribution in [1.29, 1.82) is 0 Å². The summed E-state index contributed by atoms with van der Waals surface area (Å²) in [6.07, 6.45) is 18.7. The monoisotopic (exact) mass is 448 g/mol. The molecule has 1 aromatic rings. The number of rotatable bonds is 14. The van der Waals surface area contributed by atoms with Gasteiger partial charge in [-0.15, -0.1) is 0 Å². The Labute approximate surface area is 164 Å². The number of unbranched alkanes of at least 4 members (excludes halogenated alkanes) is 9. The predicted molar refractivity (Wildman–Crippen MR) is 93.8 cm³/mol. The summed E-state index contributed by atoms with van der Waals surface area (Å²) in [6, 6.07) is 3.78. The minimum absolute atomic E-state index is 0. The van der Waals surface area contributed by atoms with Crippen molar-refractivity contribution in [2.45, 2.75) is 77.9 Å². The lowest BCUT2D eigenvalue weighted by atomic mass is 10.1. The maximum absolute atomic E-state index is 8.45. The fraction of sp³-hybridized carbons (Fsp3) is 0.684. The summed E-state index contributed by atoms with van der Waals surface area (Å²) in [7, 11) is 0. The molecule has 0 radical (unpaired) electrons. The van der Waals surface area contributed by atoms with Crippen LogP contribution in [0.1, 0.15) is 76.7 Å². The lowest BCUT2D eigenvalue weighted by molar-refractivity contribution is -0.732. The summed E-state index contributed by atoms with van der Waals surface area (Å²) >= 11 is 0. The van der Waals surface area contributed by atoms with E-state index in [1.165, 1.54) is 64.0 Å². The van der Waals surface area contributed by atoms with Crippen LogP contribution in [0, 0.1) is 0 Å². The molecule has 0 atom stereocenters. The molecule has 1 heterocycles. The average Bonchev–Trinajstić information content (AvgIpc) is 2.57. The highest BCUT2D eigenvalue weighted by Gasteiger charge is 2.00. The summed E-state index contributed by atoms with van der Waals surface area (Å²) in [5, 5.41) is 11.5. The quantitative estimate of drug-likeness (QED) is 0.118. The van der Waals surface area contributed by atoms with Crippen molar-refractivity contribution in [3.05, 3.63) is 30.1 Å². The largest absolute Gasteiger partial charge is 1.00 e. The van der Waals surface area contributed by atoms with Gasteiger partial charge in [0.25, 0.3) is 6.73 Å². The number of halogens is 1. The van der Waals surface area contributed by atoms with E-state index in [9.17, 15) is 0 Å². The zero-order valence-electron chi connectivity index (χ0n) is 15.0. The van der Waals surface area contributed by atoms with E-state index in [0.29, 0.717) is 6.73 Å². The molecule has 0 aromatic carbocycles. The third-order valence-corrected chi connectivity index (χ3v) is 4.01. The maximum atomic E-state index is 8.45. The maximum Gasteiger partial charge on any atom is 0.252 e. The van der Waals surface area contributed by atoms with Gasteiger partial charge in [0.15, 0.2) is 12.4 Å². The molecule has 0 fully saturated rings. The highest BCUT2D eigenvalue weighted by molar-refractivity contribution is 5.78. The summed E-state index contributed by atoms with van der Waals surface area (Å²) in [4.78, 5) is 0. The molecule has 0 bridgehead atoms. The Hall–Kier alpha value is -0.690. The van der Waals surface area contributed by atoms with Gasteiger partial charge in [-0.1, -0.05) is 69.9 Å². The molecule has 4 nitrogen and oxygen atoms in total. The van der Waals surface area contributed by atoms with Crippen molar-refractivity contribution in [3.63, 3.8) is 0 Å². The van der Waals surface area contributed by atoms with Gasteiger partial charge in [-0.25, -0.2) is 0 Å². The Balaban J connectivity index is 0.00000529. The smallest absolute Gasteiger partial charge is 0.252 e. The highest BCUT2D eigenvalue weighted by Crippen LogP contribution is 2.10. The lowest BCUT2D eigenvalue weighted by Crippen LogP contribution is -3.00. The fourth-order valence-corrected chi connectivity index (χ4v) is 2.57. The van der Waals surface area contributed by atoms with Gasteiger partial charge < -0.3 is 33.9 Å². The third-order valence-electron chi connectivity index (χ3n) is 4.01. The molecular weight excluding hydrogens is 415 g/mol. The van der Waals surface area contributed by atoms with E-state index in [2.05, 4.69) is 12.1 Å². The number of nitrogens with zero attached hydrogens (tertiary/aromatic N) is 2. The molecule has 1 N–H and O–H groups in total. The average molecular weight is 448 g/mol. The number of hydrogen-bond donors (Lipinski definition) is 1. The van der Waals surface area contributed by atoms with Crippen LogP contribution in [0.2, 0.25) is 0 Å². The molecule has 0 aliphatic rings. The third kappa shape index (κ3) is 12.7. The SMILES string of the molecule is CCCCCCCCCCCCOC[n+]1ccc(C=NO)cc1.[I-]. The predicted octanol–water partition coefficient (Wildman–Crippen LogP) is 1.68. The first-order valence-electron chi connectivity index (χ1n) is 9.11. The van der Waals surface area contributed by atoms with Gasteiger partial charge in [0.2, 0.25) is 0 Å². The van der Waals surface area contributed by atoms with Crippen LogP contribution in [0.5, 0.6) is 0 Å². The molecule has 24 heavy (non-hydrogen) atoms. The first-order chi connectivity index (χ1) is 11.4. The van der Waals surface area contributed by atoms with E-state index in [0.717, 1.165) is 18.6 Å². The zero-order valence-corrected chi connectivity index (χ0v) is 17.2. The Bertz CT molecular complexity index is 410. The Morgan fingerprint density at radius 1 is 0.958 bits per heavy atom. The van der Waals surface area contributed by atoms with Crippen LogP contribution in [0.15, 0.2) is 29.7 Å². The van der Waals surface area contributed by atoms with E-state index in [-0.39, 0.29) is 24.0 Å². The van der Waals surface area contributed by atoms with Gasteiger partial charge in [0.1, 0.15) is 0 Å². The van der Waals surface area contributed by atoms with Gasteiger partial charge in [-0.2, -0.15) is 4.57 Å². The van der Waals surface area contributed by atoms with Crippen LogP contribution in [0.4, 0.5) is 0 Å². The van der Waals surface area contributed by atoms with E-state index in [1.807, 2.05) is 29.1 Å². The van der Waals surface area contributed by atoms with Gasteiger partial charge in [-0.3, -0.25) is 0 Å². The standard InChI is InChI=1S/C19H32N2O2.HI/c1-2-3-4-5-6-7-8-9-10-11-16-23-18-21-14-12-19(13-15-21)17-20-22;/h12-15,17H,2-11,16,18H2,1H3;1H. The molecule has 138 valence electrons. The van der Waals surface area contributed by atoms with Crippen LogP contribution in [-0.4, -0.2) is 18.0 Å². The van der Waals surface area contributed by atoms with Crippen LogP contribution < -0.4 is 28.5 Å². The molecule has 0 saturated carbocycles. The second-order valence-corrected chi connectivity index (χ2v) is 6.11. The van der Waals surface area contributed by atoms with Gasteiger partial charge in [0, 0.05) is 17.7 Å². The molecule has 1 rings (SSSR count). The number of aromatic nitrogens is 1. The summed E-state index contributed by atoms with van der Waals surface area (Å²) in [5.74, 6) is 0. The summed E-state index contributed by atoms with van der Waals surface area (Å²) < 4.78 is 7.65. The summed E-state index contributed by atoms with van der Waals surface area (Å²) in [6.45, 7) is 3.67. The van der Waals surface area contributed by atoms with Crippen molar-refractivity contribution in [1.82, 2.24) is 0 Å². The normalized spacial score (nSPS) is 10.9. The first kappa shape index (κ1) is 23.3. The molecule has 1 aromatic heterocycles. The topological polar surface area (TPSA) is 45.7 Å². The number of ether oxygens (including phenoxy) is 1. The van der Waals surface area contributed by atoms with Crippen LogP contribution >= 0.6 is 0 Å². The summed E-state index contributed by atoms with van der Waals surface area (Å²) in [5.41, 5.74) is 0.874. The highest BCUT2D eigenvalue weighted by atomic mass is 127. The van der Waals surface area contributed by atoms with E-state index < -0.39 is 0 Å². The number of hydrogen-bond acceptors (Lipinski definition) is 3. The van der Waals surface area contributed by atoms with E-state index >= 15 is 0 Å². The molecule has 0 aliphatic heterocycles. The molecule has 0 aliphatic carbocycles. The van der Waals surface area contributed by atoms with Crippen molar-refractivity contribution >= 4 is 6.21 Å². The van der Waals surface area contributed by atoms with Crippen LogP contribution in [-0.2, 0) is 11.5 Å². The molecule has 0 unspecified atom stereocenters. The lowest BCUT2D eigenvalue weighted by Gasteiger charge is -2.03. The number of oxime groups is 1. The first-order valence-corrected chi connectivity index (χ1v) is 9.11.